The van der Waals surface area contributed by atoms with E-state index in [-0.39, 0.29) is 11.9 Å². The van der Waals surface area contributed by atoms with Crippen molar-refractivity contribution in [3.8, 4) is 0 Å². The molecule has 0 spiro atoms. The first-order valence-electron chi connectivity index (χ1n) is 8.48. The Morgan fingerprint density at radius 1 is 1.15 bits per heavy atom. The van der Waals surface area contributed by atoms with E-state index in [1.165, 1.54) is 45.2 Å². The SMILES string of the molecule is NC1CCCCC1CC(=O)NCC1CCN(C2CC2)C1. The summed E-state index contributed by atoms with van der Waals surface area (Å²) in [5, 5.41) is 3.15. The Hall–Kier alpha value is -0.610. The fraction of sp³-hybridized carbons (Fsp3) is 0.938. The number of nitrogens with two attached hydrogens (primary N) is 1. The average Bonchev–Trinajstić information content (AvgIpc) is 3.18. The lowest BCUT2D eigenvalue weighted by Gasteiger charge is -2.28. The van der Waals surface area contributed by atoms with Crippen LogP contribution in [0.3, 0.4) is 0 Å². The van der Waals surface area contributed by atoms with Crippen LogP contribution in [0.4, 0.5) is 0 Å². The lowest BCUT2D eigenvalue weighted by atomic mass is 9.83. The summed E-state index contributed by atoms with van der Waals surface area (Å²) in [7, 11) is 0. The van der Waals surface area contributed by atoms with Crippen molar-refractivity contribution in [1.29, 1.82) is 0 Å². The van der Waals surface area contributed by atoms with Crippen LogP contribution in [0.25, 0.3) is 0 Å². The van der Waals surface area contributed by atoms with Crippen molar-refractivity contribution in [3.63, 3.8) is 0 Å². The number of nitrogens with zero attached hydrogens (tertiary/aromatic N) is 1. The van der Waals surface area contributed by atoms with Crippen LogP contribution >= 0.6 is 0 Å². The highest BCUT2D eigenvalue weighted by Gasteiger charge is 2.34. The van der Waals surface area contributed by atoms with Crippen molar-refractivity contribution in [2.24, 2.45) is 17.6 Å². The molecule has 3 unspecified atom stereocenters. The zero-order valence-electron chi connectivity index (χ0n) is 12.5. The van der Waals surface area contributed by atoms with Gasteiger partial charge in [-0.1, -0.05) is 12.8 Å². The standard InChI is InChI=1S/C16H29N3O/c17-15-4-2-1-3-13(15)9-16(20)18-10-12-7-8-19(11-12)14-5-6-14/h12-15H,1-11,17H2,(H,18,20). The number of carbonyl (C=O) groups excluding carboxylic acids is 1. The van der Waals surface area contributed by atoms with E-state index in [9.17, 15) is 4.79 Å². The van der Waals surface area contributed by atoms with Crippen LogP contribution < -0.4 is 11.1 Å². The maximum Gasteiger partial charge on any atom is 0.220 e. The van der Waals surface area contributed by atoms with E-state index in [1.807, 2.05) is 0 Å². The Morgan fingerprint density at radius 3 is 2.70 bits per heavy atom. The molecule has 0 aromatic carbocycles. The molecule has 1 saturated heterocycles. The van der Waals surface area contributed by atoms with Crippen molar-refractivity contribution in [1.82, 2.24) is 10.2 Å². The fourth-order valence-corrected chi connectivity index (χ4v) is 3.86. The Bertz CT molecular complexity index is 343. The molecule has 3 rings (SSSR count). The third-order valence-corrected chi connectivity index (χ3v) is 5.38. The molecule has 3 fully saturated rings. The summed E-state index contributed by atoms with van der Waals surface area (Å²) >= 11 is 0. The first kappa shape index (κ1) is 14.3. The smallest absolute Gasteiger partial charge is 0.220 e. The predicted octanol–water partition coefficient (Wildman–Crippen LogP) is 1.49. The average molecular weight is 279 g/mol. The minimum Gasteiger partial charge on any atom is -0.356 e. The van der Waals surface area contributed by atoms with Crippen LogP contribution in [-0.4, -0.2) is 42.5 Å². The Morgan fingerprint density at radius 2 is 1.95 bits per heavy atom. The summed E-state index contributed by atoms with van der Waals surface area (Å²) < 4.78 is 0. The summed E-state index contributed by atoms with van der Waals surface area (Å²) in [4.78, 5) is 14.7. The minimum atomic E-state index is 0.220. The largest absolute Gasteiger partial charge is 0.356 e. The van der Waals surface area contributed by atoms with E-state index in [0.717, 1.165) is 25.4 Å². The van der Waals surface area contributed by atoms with Crippen LogP contribution in [0, 0.1) is 11.8 Å². The molecule has 0 radical (unpaired) electrons. The van der Waals surface area contributed by atoms with Gasteiger partial charge in [-0.2, -0.15) is 0 Å². The van der Waals surface area contributed by atoms with Crippen LogP contribution in [0.15, 0.2) is 0 Å². The van der Waals surface area contributed by atoms with Gasteiger partial charge in [0.05, 0.1) is 0 Å². The van der Waals surface area contributed by atoms with Gasteiger partial charge >= 0.3 is 0 Å². The zero-order valence-corrected chi connectivity index (χ0v) is 12.5. The van der Waals surface area contributed by atoms with Crippen LogP contribution in [0.5, 0.6) is 0 Å². The molecular formula is C16H29N3O. The number of hydrogen-bond acceptors (Lipinski definition) is 3. The van der Waals surface area contributed by atoms with Gasteiger partial charge in [0.25, 0.3) is 0 Å². The Kier molecular flexibility index (Phi) is 4.61. The second-order valence-corrected chi connectivity index (χ2v) is 7.10. The van der Waals surface area contributed by atoms with Crippen LogP contribution in [0.1, 0.15) is 51.4 Å². The van der Waals surface area contributed by atoms with Crippen molar-refractivity contribution >= 4 is 5.91 Å². The summed E-state index contributed by atoms with van der Waals surface area (Å²) in [6, 6.07) is 1.11. The van der Waals surface area contributed by atoms with Gasteiger partial charge in [-0.15, -0.1) is 0 Å². The first-order valence-corrected chi connectivity index (χ1v) is 8.48. The normalized spacial score (nSPS) is 35.1. The third kappa shape index (κ3) is 3.73. The van der Waals surface area contributed by atoms with Crippen molar-refractivity contribution in [3.05, 3.63) is 0 Å². The second kappa shape index (κ2) is 6.44. The van der Waals surface area contributed by atoms with E-state index in [1.54, 1.807) is 0 Å². The molecule has 2 saturated carbocycles. The number of nitrogens with one attached hydrogen (secondary N) is 1. The molecule has 3 atom stereocenters. The van der Waals surface area contributed by atoms with Gasteiger partial charge in [0.15, 0.2) is 0 Å². The van der Waals surface area contributed by atoms with Crippen molar-refractivity contribution in [2.45, 2.75) is 63.5 Å². The highest BCUT2D eigenvalue weighted by atomic mass is 16.1. The molecule has 1 amide bonds. The summed E-state index contributed by atoms with van der Waals surface area (Å²) in [5.41, 5.74) is 6.12. The minimum absolute atomic E-state index is 0.220. The van der Waals surface area contributed by atoms with E-state index in [0.29, 0.717) is 18.3 Å². The molecule has 3 N–H and O–H groups in total. The number of hydrogen-bond donors (Lipinski definition) is 2. The quantitative estimate of drug-likeness (QED) is 0.802. The van der Waals surface area contributed by atoms with Crippen LogP contribution in [0.2, 0.25) is 0 Å². The van der Waals surface area contributed by atoms with Crippen LogP contribution in [-0.2, 0) is 4.79 Å². The lowest BCUT2D eigenvalue weighted by Crippen LogP contribution is -2.38. The molecule has 0 aromatic heterocycles. The highest BCUT2D eigenvalue weighted by molar-refractivity contribution is 5.76. The molecular weight excluding hydrogens is 250 g/mol. The number of rotatable bonds is 5. The first-order chi connectivity index (χ1) is 9.72. The molecule has 20 heavy (non-hydrogen) atoms. The lowest BCUT2D eigenvalue weighted by molar-refractivity contribution is -0.122. The van der Waals surface area contributed by atoms with Gasteiger partial charge in [-0.3, -0.25) is 4.79 Å². The molecule has 1 heterocycles. The molecule has 4 nitrogen and oxygen atoms in total. The second-order valence-electron chi connectivity index (χ2n) is 7.10. The van der Waals surface area contributed by atoms with E-state index in [2.05, 4.69) is 10.2 Å². The van der Waals surface area contributed by atoms with Crippen molar-refractivity contribution < 1.29 is 4.79 Å². The molecule has 4 heteroatoms. The molecule has 0 bridgehead atoms. The van der Waals surface area contributed by atoms with Gasteiger partial charge < -0.3 is 16.0 Å². The molecule has 2 aliphatic carbocycles. The maximum atomic E-state index is 12.1. The summed E-state index contributed by atoms with van der Waals surface area (Å²) in [6.07, 6.45) is 9.37. The van der Waals surface area contributed by atoms with Gasteiger partial charge in [0.1, 0.15) is 0 Å². The van der Waals surface area contributed by atoms with Gasteiger partial charge in [0.2, 0.25) is 5.91 Å². The number of likely N-dealkylation sites (tertiary alicyclic amines) is 1. The predicted molar refractivity (Wildman–Crippen MR) is 80.3 cm³/mol. The summed E-state index contributed by atoms with van der Waals surface area (Å²) in [6.45, 7) is 3.29. The van der Waals surface area contributed by atoms with E-state index in [4.69, 9.17) is 5.73 Å². The van der Waals surface area contributed by atoms with Crippen molar-refractivity contribution in [2.75, 3.05) is 19.6 Å². The topological polar surface area (TPSA) is 58.4 Å². The zero-order chi connectivity index (χ0) is 13.9. The maximum absolute atomic E-state index is 12.1. The number of carbonyl (C=O) groups is 1. The molecule has 0 aromatic rings. The third-order valence-electron chi connectivity index (χ3n) is 5.38. The van der Waals surface area contributed by atoms with Gasteiger partial charge in [-0.25, -0.2) is 0 Å². The fourth-order valence-electron chi connectivity index (χ4n) is 3.86. The highest BCUT2D eigenvalue weighted by Crippen LogP contribution is 2.31. The van der Waals surface area contributed by atoms with E-state index < -0.39 is 0 Å². The molecule has 1 aliphatic heterocycles. The van der Waals surface area contributed by atoms with Gasteiger partial charge in [-0.05, 0) is 50.5 Å². The van der Waals surface area contributed by atoms with E-state index >= 15 is 0 Å². The molecule has 3 aliphatic rings. The Labute approximate surface area is 122 Å². The molecule has 114 valence electrons. The van der Waals surface area contributed by atoms with Gasteiger partial charge in [0, 0.05) is 31.6 Å². The number of amides is 1. The summed E-state index contributed by atoms with van der Waals surface area (Å²) in [5.74, 6) is 1.30. The Balaban J connectivity index is 1.34. The monoisotopic (exact) mass is 279 g/mol.